The van der Waals surface area contributed by atoms with Crippen LogP contribution in [0.25, 0.3) is 9.53 Å². The molecule has 1 fully saturated rings. The van der Waals surface area contributed by atoms with Crippen LogP contribution < -0.4 is 15.1 Å². The molecule has 176 valence electrons. The van der Waals surface area contributed by atoms with Crippen LogP contribution in [0.15, 0.2) is 54.9 Å². The van der Waals surface area contributed by atoms with Gasteiger partial charge in [0.05, 0.1) is 21.0 Å². The smallest absolute Gasteiger partial charge is 0.265 e. The van der Waals surface area contributed by atoms with E-state index in [0.717, 1.165) is 65.2 Å². The van der Waals surface area contributed by atoms with Gasteiger partial charge >= 0.3 is 0 Å². The molecular formula is C25H28N6OS2. The van der Waals surface area contributed by atoms with Crippen molar-refractivity contribution >= 4 is 54.6 Å². The van der Waals surface area contributed by atoms with Crippen LogP contribution in [0.5, 0.6) is 0 Å². The van der Waals surface area contributed by atoms with E-state index < -0.39 is 0 Å². The number of aromatic nitrogens is 2. The lowest BCUT2D eigenvalue weighted by atomic mass is 10.1. The number of amides is 1. The van der Waals surface area contributed by atoms with E-state index in [4.69, 9.17) is 0 Å². The Balaban J connectivity index is 1.21. The molecule has 1 amide bonds. The second kappa shape index (κ2) is 10.1. The molecule has 0 spiro atoms. The number of hydrogen-bond acceptors (Lipinski definition) is 8. The SMILES string of the molecule is CN(C)c1nc2sc(C(=O)Nc3ccccc3N3CCN(CCc4ccncc4)CC3)cc2s1. The van der Waals surface area contributed by atoms with Crippen LogP contribution in [0.1, 0.15) is 15.2 Å². The first-order chi connectivity index (χ1) is 16.6. The summed E-state index contributed by atoms with van der Waals surface area (Å²) in [5.41, 5.74) is 3.26. The highest BCUT2D eigenvalue weighted by atomic mass is 32.1. The van der Waals surface area contributed by atoms with Gasteiger partial charge in [-0.15, -0.1) is 11.3 Å². The molecule has 7 nitrogen and oxygen atoms in total. The Hall–Kier alpha value is -3.01. The van der Waals surface area contributed by atoms with Gasteiger partial charge in [-0.05, 0) is 42.3 Å². The van der Waals surface area contributed by atoms with Gasteiger partial charge in [0, 0.05) is 59.2 Å². The van der Waals surface area contributed by atoms with Crippen molar-refractivity contribution < 1.29 is 4.79 Å². The Morgan fingerprint density at radius 2 is 1.82 bits per heavy atom. The zero-order chi connectivity index (χ0) is 23.5. The highest BCUT2D eigenvalue weighted by Crippen LogP contribution is 2.35. The molecule has 3 aromatic heterocycles. The number of thiazole rings is 1. The Morgan fingerprint density at radius 3 is 2.56 bits per heavy atom. The number of thiophene rings is 1. The number of carbonyl (C=O) groups is 1. The van der Waals surface area contributed by atoms with Crippen molar-refractivity contribution in [2.75, 3.05) is 61.9 Å². The molecule has 0 saturated carbocycles. The molecular weight excluding hydrogens is 464 g/mol. The predicted molar refractivity (Wildman–Crippen MR) is 143 cm³/mol. The van der Waals surface area contributed by atoms with Gasteiger partial charge in [-0.3, -0.25) is 14.7 Å². The van der Waals surface area contributed by atoms with Crippen LogP contribution in [-0.2, 0) is 6.42 Å². The Kier molecular flexibility index (Phi) is 6.75. The molecule has 1 N–H and O–H groups in total. The molecule has 1 saturated heterocycles. The van der Waals surface area contributed by atoms with Crippen molar-refractivity contribution in [2.24, 2.45) is 0 Å². The minimum atomic E-state index is -0.0787. The minimum absolute atomic E-state index is 0.0787. The number of nitrogens with zero attached hydrogens (tertiary/aromatic N) is 5. The summed E-state index contributed by atoms with van der Waals surface area (Å²) >= 11 is 3.05. The first-order valence-electron chi connectivity index (χ1n) is 11.4. The number of nitrogens with one attached hydrogen (secondary N) is 1. The average molecular weight is 493 g/mol. The van der Waals surface area contributed by atoms with E-state index in [9.17, 15) is 4.79 Å². The molecule has 9 heteroatoms. The number of piperazine rings is 1. The minimum Gasteiger partial charge on any atom is -0.367 e. The van der Waals surface area contributed by atoms with Crippen molar-refractivity contribution in [2.45, 2.75) is 6.42 Å². The van der Waals surface area contributed by atoms with E-state index in [1.807, 2.05) is 55.7 Å². The van der Waals surface area contributed by atoms with E-state index in [-0.39, 0.29) is 5.91 Å². The number of anilines is 3. The van der Waals surface area contributed by atoms with Gasteiger partial charge in [-0.1, -0.05) is 23.5 Å². The summed E-state index contributed by atoms with van der Waals surface area (Å²) in [5.74, 6) is -0.0787. The molecule has 1 aliphatic heterocycles. The van der Waals surface area contributed by atoms with Crippen molar-refractivity contribution in [1.29, 1.82) is 0 Å². The molecule has 1 aromatic carbocycles. The Bertz CT molecular complexity index is 1230. The number of hydrogen-bond donors (Lipinski definition) is 1. The number of benzene rings is 1. The average Bonchev–Trinajstić information content (AvgIpc) is 3.44. The molecule has 4 heterocycles. The molecule has 0 atom stereocenters. The molecule has 4 aromatic rings. The number of rotatable bonds is 7. The van der Waals surface area contributed by atoms with Gasteiger partial charge in [-0.2, -0.15) is 0 Å². The maximum absolute atomic E-state index is 13.0. The number of pyridine rings is 1. The first kappa shape index (κ1) is 22.8. The van der Waals surface area contributed by atoms with Crippen LogP contribution in [0.2, 0.25) is 0 Å². The van der Waals surface area contributed by atoms with Crippen molar-refractivity contribution in [1.82, 2.24) is 14.9 Å². The quantitative estimate of drug-likeness (QED) is 0.412. The van der Waals surface area contributed by atoms with Gasteiger partial charge in [0.25, 0.3) is 5.91 Å². The number of carbonyl (C=O) groups excluding carboxylic acids is 1. The monoisotopic (exact) mass is 492 g/mol. The third-order valence-corrected chi connectivity index (χ3v) is 8.34. The highest BCUT2D eigenvalue weighted by molar-refractivity contribution is 7.29. The fraction of sp³-hybridized carbons (Fsp3) is 0.320. The van der Waals surface area contributed by atoms with Gasteiger partial charge < -0.3 is 15.1 Å². The van der Waals surface area contributed by atoms with Gasteiger partial charge in [-0.25, -0.2) is 4.98 Å². The van der Waals surface area contributed by atoms with E-state index in [1.54, 1.807) is 11.3 Å². The molecule has 5 rings (SSSR count). The van der Waals surface area contributed by atoms with Crippen molar-refractivity contribution in [3.05, 3.63) is 65.3 Å². The summed E-state index contributed by atoms with van der Waals surface area (Å²) in [4.78, 5) is 30.2. The van der Waals surface area contributed by atoms with Crippen LogP contribution in [0, 0.1) is 0 Å². The maximum atomic E-state index is 13.0. The van der Waals surface area contributed by atoms with Gasteiger partial charge in [0.1, 0.15) is 4.83 Å². The number of fused-ring (bicyclic) bond motifs is 1. The third kappa shape index (κ3) is 5.06. The Morgan fingerprint density at radius 1 is 1.06 bits per heavy atom. The van der Waals surface area contributed by atoms with Crippen LogP contribution in [0.4, 0.5) is 16.5 Å². The summed E-state index contributed by atoms with van der Waals surface area (Å²) in [6.45, 7) is 4.95. The van der Waals surface area contributed by atoms with E-state index >= 15 is 0 Å². The maximum Gasteiger partial charge on any atom is 0.265 e. The molecule has 1 aliphatic rings. The standard InChI is InChI=1S/C25H28N6OS2/c1-29(2)25-28-24-22(34-25)17-21(33-24)23(32)27-19-5-3-4-6-20(19)31-15-13-30(14-16-31)12-9-18-7-10-26-11-8-18/h3-8,10-11,17H,9,12-16H2,1-2H3,(H,27,32). The summed E-state index contributed by atoms with van der Waals surface area (Å²) in [6, 6.07) is 14.2. The molecule has 0 unspecified atom stereocenters. The van der Waals surface area contributed by atoms with Crippen LogP contribution in [-0.4, -0.2) is 67.6 Å². The van der Waals surface area contributed by atoms with Gasteiger partial charge in [0.15, 0.2) is 5.13 Å². The van der Waals surface area contributed by atoms with Crippen LogP contribution >= 0.6 is 22.7 Å². The summed E-state index contributed by atoms with van der Waals surface area (Å²) < 4.78 is 1.05. The lowest BCUT2D eigenvalue weighted by Crippen LogP contribution is -2.47. The number of para-hydroxylation sites is 2. The fourth-order valence-corrected chi connectivity index (χ4v) is 6.14. The predicted octanol–water partition coefficient (Wildman–Crippen LogP) is 4.44. The lowest BCUT2D eigenvalue weighted by molar-refractivity contribution is 0.103. The normalized spacial score (nSPS) is 14.5. The highest BCUT2D eigenvalue weighted by Gasteiger charge is 2.21. The summed E-state index contributed by atoms with van der Waals surface area (Å²) in [7, 11) is 3.96. The molecule has 0 aliphatic carbocycles. The first-order valence-corrected chi connectivity index (χ1v) is 13.0. The topological polar surface area (TPSA) is 64.6 Å². The third-order valence-electron chi connectivity index (χ3n) is 6.02. The fourth-order valence-electron chi connectivity index (χ4n) is 4.12. The van der Waals surface area contributed by atoms with Crippen molar-refractivity contribution in [3.8, 4) is 0 Å². The molecule has 0 bridgehead atoms. The Labute approximate surface area is 207 Å². The second-order valence-electron chi connectivity index (χ2n) is 8.58. The summed E-state index contributed by atoms with van der Waals surface area (Å²) in [6.07, 6.45) is 4.75. The van der Waals surface area contributed by atoms with E-state index in [0.29, 0.717) is 4.88 Å². The zero-order valence-electron chi connectivity index (χ0n) is 19.4. The van der Waals surface area contributed by atoms with E-state index in [1.165, 1.54) is 16.9 Å². The van der Waals surface area contributed by atoms with Crippen LogP contribution in [0.3, 0.4) is 0 Å². The van der Waals surface area contributed by atoms with Crippen molar-refractivity contribution in [3.63, 3.8) is 0 Å². The van der Waals surface area contributed by atoms with E-state index in [2.05, 4.69) is 43.3 Å². The summed E-state index contributed by atoms with van der Waals surface area (Å²) in [5, 5.41) is 4.10. The largest absolute Gasteiger partial charge is 0.367 e. The zero-order valence-corrected chi connectivity index (χ0v) is 21.0. The second-order valence-corrected chi connectivity index (χ2v) is 10.6. The molecule has 34 heavy (non-hydrogen) atoms. The molecule has 0 radical (unpaired) electrons. The van der Waals surface area contributed by atoms with Gasteiger partial charge in [0.2, 0.25) is 0 Å². The lowest BCUT2D eigenvalue weighted by Gasteiger charge is -2.37.